The van der Waals surface area contributed by atoms with Crippen molar-refractivity contribution >= 4 is 29.3 Å². The highest BCUT2D eigenvalue weighted by molar-refractivity contribution is 7.99. The lowest BCUT2D eigenvalue weighted by Crippen LogP contribution is -2.49. The van der Waals surface area contributed by atoms with Gasteiger partial charge < -0.3 is 10.2 Å². The summed E-state index contributed by atoms with van der Waals surface area (Å²) in [4.78, 5) is 28.6. The van der Waals surface area contributed by atoms with Crippen LogP contribution in [0.4, 0.5) is 5.69 Å². The number of thioether (sulfide) groups is 1. The molecule has 1 aromatic heterocycles. The van der Waals surface area contributed by atoms with E-state index in [1.54, 1.807) is 17.1 Å². The molecule has 2 aliphatic heterocycles. The Bertz CT molecular complexity index is 852. The maximum absolute atomic E-state index is 12.9. The quantitative estimate of drug-likeness (QED) is 0.834. The van der Waals surface area contributed by atoms with Crippen molar-refractivity contribution in [2.24, 2.45) is 0 Å². The summed E-state index contributed by atoms with van der Waals surface area (Å²) in [5.41, 5.74) is 2.20. The second-order valence-electron chi connectivity index (χ2n) is 7.57. The Labute approximate surface area is 175 Å². The van der Waals surface area contributed by atoms with Crippen LogP contribution < -0.4 is 5.32 Å². The number of nitrogens with zero attached hydrogens (tertiary/aromatic N) is 4. The minimum absolute atomic E-state index is 0.101. The van der Waals surface area contributed by atoms with Crippen molar-refractivity contribution in [2.45, 2.75) is 25.8 Å². The van der Waals surface area contributed by atoms with Gasteiger partial charge in [-0.25, -0.2) is 4.68 Å². The topological polar surface area (TPSA) is 70.5 Å². The van der Waals surface area contributed by atoms with Crippen LogP contribution >= 0.6 is 11.8 Å². The monoisotopic (exact) mass is 413 g/mol. The Morgan fingerprint density at radius 1 is 1.07 bits per heavy atom. The Hall–Kier alpha value is -2.32. The third-order valence-electron chi connectivity index (χ3n) is 5.60. The van der Waals surface area contributed by atoms with Crippen LogP contribution in [0.15, 0.2) is 36.7 Å². The molecular weight excluding hydrogens is 386 g/mol. The number of carbonyl (C=O) groups excluding carboxylic acids is 2. The fourth-order valence-corrected chi connectivity index (χ4v) is 4.98. The smallest absolute Gasteiger partial charge is 0.253 e. The van der Waals surface area contributed by atoms with E-state index in [4.69, 9.17) is 0 Å². The first-order valence-corrected chi connectivity index (χ1v) is 11.3. The van der Waals surface area contributed by atoms with Gasteiger partial charge in [-0.2, -0.15) is 16.9 Å². The van der Waals surface area contributed by atoms with Gasteiger partial charge in [0.25, 0.3) is 5.91 Å². The maximum Gasteiger partial charge on any atom is 0.253 e. The molecule has 0 unspecified atom stereocenters. The predicted octanol–water partition coefficient (Wildman–Crippen LogP) is 2.48. The summed E-state index contributed by atoms with van der Waals surface area (Å²) in [6.07, 6.45) is 5.48. The van der Waals surface area contributed by atoms with Crippen molar-refractivity contribution in [3.63, 3.8) is 0 Å². The maximum atomic E-state index is 12.9. The molecule has 2 aromatic rings. The molecule has 0 radical (unpaired) electrons. The largest absolute Gasteiger partial charge is 0.339 e. The van der Waals surface area contributed by atoms with Crippen LogP contribution in [0.5, 0.6) is 0 Å². The van der Waals surface area contributed by atoms with Crippen molar-refractivity contribution in [2.75, 3.05) is 43.0 Å². The first-order valence-electron chi connectivity index (χ1n) is 10.1. The lowest BCUT2D eigenvalue weighted by atomic mass is 10.0. The molecule has 8 heteroatoms. The molecule has 2 amide bonds. The van der Waals surface area contributed by atoms with Gasteiger partial charge >= 0.3 is 0 Å². The number of rotatable bonds is 4. The summed E-state index contributed by atoms with van der Waals surface area (Å²) in [6.45, 7) is 5.48. The average molecular weight is 414 g/mol. The van der Waals surface area contributed by atoms with Crippen molar-refractivity contribution in [1.82, 2.24) is 19.6 Å². The van der Waals surface area contributed by atoms with Crippen molar-refractivity contribution in [3.05, 3.63) is 42.2 Å². The normalized spacial score (nSPS) is 18.6. The van der Waals surface area contributed by atoms with E-state index < -0.39 is 0 Å². The molecule has 1 aromatic carbocycles. The van der Waals surface area contributed by atoms with E-state index in [0.29, 0.717) is 17.3 Å². The number of amides is 2. The van der Waals surface area contributed by atoms with Gasteiger partial charge in [-0.3, -0.25) is 14.5 Å². The van der Waals surface area contributed by atoms with Crippen LogP contribution in [0.2, 0.25) is 0 Å². The lowest BCUT2D eigenvalue weighted by molar-refractivity contribution is -0.114. The highest BCUT2D eigenvalue weighted by atomic mass is 32.2. The molecule has 0 atom stereocenters. The van der Waals surface area contributed by atoms with Crippen LogP contribution in [-0.4, -0.2) is 75.1 Å². The summed E-state index contributed by atoms with van der Waals surface area (Å²) in [7, 11) is 0. The van der Waals surface area contributed by atoms with Crippen molar-refractivity contribution in [1.29, 1.82) is 0 Å². The van der Waals surface area contributed by atoms with Crippen LogP contribution in [0.3, 0.4) is 0 Å². The third-order valence-corrected chi connectivity index (χ3v) is 6.54. The van der Waals surface area contributed by atoms with Gasteiger partial charge in [-0.1, -0.05) is 0 Å². The minimum atomic E-state index is -0.131. The molecule has 1 N–H and O–H groups in total. The average Bonchev–Trinajstić information content (AvgIpc) is 3.22. The zero-order valence-corrected chi connectivity index (χ0v) is 17.5. The van der Waals surface area contributed by atoms with Gasteiger partial charge in [-0.15, -0.1) is 0 Å². The molecule has 0 aliphatic carbocycles. The van der Waals surface area contributed by atoms with E-state index in [2.05, 4.69) is 15.3 Å². The molecule has 154 valence electrons. The number of piperidine rings is 1. The standard InChI is InChI=1S/C21H27N5O2S/c1-16(27)23-18-14-22-26(15-18)20-4-2-17(3-5-20)21(28)25-8-6-19(7-9-25)24-10-12-29-13-11-24/h2-5,14-15,19H,6-13H2,1H3,(H,23,27). The molecule has 0 saturated carbocycles. The Morgan fingerprint density at radius 3 is 2.41 bits per heavy atom. The molecule has 0 bridgehead atoms. The van der Waals surface area contributed by atoms with Gasteiger partial charge in [0.05, 0.1) is 23.8 Å². The van der Waals surface area contributed by atoms with E-state index in [1.807, 2.05) is 40.9 Å². The zero-order chi connectivity index (χ0) is 20.2. The minimum Gasteiger partial charge on any atom is -0.339 e. The predicted molar refractivity (Wildman–Crippen MR) is 116 cm³/mol. The third kappa shape index (κ3) is 4.82. The fourth-order valence-electron chi connectivity index (χ4n) is 4.05. The van der Waals surface area contributed by atoms with Gasteiger partial charge in [0, 0.05) is 56.2 Å². The summed E-state index contributed by atoms with van der Waals surface area (Å²) in [6, 6.07) is 8.10. The van der Waals surface area contributed by atoms with Gasteiger partial charge in [0.1, 0.15) is 0 Å². The number of likely N-dealkylation sites (tertiary alicyclic amines) is 1. The molecule has 2 aliphatic rings. The van der Waals surface area contributed by atoms with E-state index in [0.717, 1.165) is 31.6 Å². The van der Waals surface area contributed by atoms with Gasteiger partial charge in [-0.05, 0) is 37.1 Å². The Morgan fingerprint density at radius 2 is 1.76 bits per heavy atom. The van der Waals surface area contributed by atoms with Gasteiger partial charge in [0.2, 0.25) is 5.91 Å². The van der Waals surface area contributed by atoms with Crippen LogP contribution in [0.1, 0.15) is 30.1 Å². The van der Waals surface area contributed by atoms with Gasteiger partial charge in [0.15, 0.2) is 0 Å². The summed E-state index contributed by atoms with van der Waals surface area (Å²) >= 11 is 2.04. The van der Waals surface area contributed by atoms with Crippen LogP contribution in [0, 0.1) is 0 Å². The number of aromatic nitrogens is 2. The van der Waals surface area contributed by atoms with E-state index in [-0.39, 0.29) is 11.8 Å². The molecule has 4 rings (SSSR count). The SMILES string of the molecule is CC(=O)Nc1cnn(-c2ccc(C(=O)N3CCC(N4CCSCC4)CC3)cc2)c1. The van der Waals surface area contributed by atoms with E-state index in [9.17, 15) is 9.59 Å². The molecule has 7 nitrogen and oxygen atoms in total. The number of hydrogen-bond donors (Lipinski definition) is 1. The highest BCUT2D eigenvalue weighted by Crippen LogP contribution is 2.22. The second-order valence-corrected chi connectivity index (χ2v) is 8.80. The van der Waals surface area contributed by atoms with Crippen LogP contribution in [-0.2, 0) is 4.79 Å². The molecular formula is C21H27N5O2S. The van der Waals surface area contributed by atoms with Crippen LogP contribution in [0.25, 0.3) is 5.69 Å². The Kier molecular flexibility index (Phi) is 6.20. The number of hydrogen-bond acceptors (Lipinski definition) is 5. The molecule has 2 fully saturated rings. The number of benzene rings is 1. The molecule has 0 spiro atoms. The number of carbonyl (C=O) groups is 2. The first kappa shape index (κ1) is 20.0. The lowest BCUT2D eigenvalue weighted by Gasteiger charge is -2.40. The van der Waals surface area contributed by atoms with E-state index >= 15 is 0 Å². The molecule has 2 saturated heterocycles. The van der Waals surface area contributed by atoms with E-state index in [1.165, 1.54) is 31.5 Å². The molecule has 3 heterocycles. The number of nitrogens with one attached hydrogen (secondary N) is 1. The summed E-state index contributed by atoms with van der Waals surface area (Å²) in [5.74, 6) is 2.43. The van der Waals surface area contributed by atoms with Crippen molar-refractivity contribution in [3.8, 4) is 5.69 Å². The Balaban J connectivity index is 1.35. The second kappa shape index (κ2) is 9.00. The molecule has 29 heavy (non-hydrogen) atoms. The van der Waals surface area contributed by atoms with Crippen molar-refractivity contribution < 1.29 is 9.59 Å². The highest BCUT2D eigenvalue weighted by Gasteiger charge is 2.28. The zero-order valence-electron chi connectivity index (χ0n) is 16.7. The summed E-state index contributed by atoms with van der Waals surface area (Å²) in [5, 5.41) is 6.96. The fraction of sp³-hybridized carbons (Fsp3) is 0.476. The number of anilines is 1. The summed E-state index contributed by atoms with van der Waals surface area (Å²) < 4.78 is 1.68. The first-order chi connectivity index (χ1) is 14.1.